The zero-order valence-corrected chi connectivity index (χ0v) is 26.5. The van der Waals surface area contributed by atoms with Crippen molar-refractivity contribution in [2.75, 3.05) is 23.7 Å². The molecule has 1 unspecified atom stereocenters. The zero-order chi connectivity index (χ0) is 31.8. The first-order valence-electron chi connectivity index (χ1n) is 15.2. The van der Waals surface area contributed by atoms with Crippen molar-refractivity contribution in [1.82, 2.24) is 19.2 Å². The Morgan fingerprint density at radius 3 is 2.62 bits per heavy atom. The maximum absolute atomic E-state index is 13.3. The summed E-state index contributed by atoms with van der Waals surface area (Å²) >= 11 is 1.58. The van der Waals surface area contributed by atoms with Gasteiger partial charge in [-0.05, 0) is 80.3 Å². The van der Waals surface area contributed by atoms with Crippen LogP contribution in [-0.4, -0.2) is 50.1 Å². The van der Waals surface area contributed by atoms with Crippen molar-refractivity contribution >= 4 is 46.3 Å². The maximum Gasteiger partial charge on any atom is 0.274 e. The average Bonchev–Trinajstić information content (AvgIpc) is 3.63. The molecule has 11 nitrogen and oxygen atoms in total. The highest BCUT2D eigenvalue weighted by Crippen LogP contribution is 2.33. The maximum atomic E-state index is 13.3. The number of benzene rings is 1. The minimum absolute atomic E-state index is 0.118. The Kier molecular flexibility index (Phi) is 8.32. The molecule has 4 heterocycles. The van der Waals surface area contributed by atoms with Gasteiger partial charge in [0.25, 0.3) is 17.4 Å². The highest BCUT2D eigenvalue weighted by Gasteiger charge is 2.29. The number of nitrogens with one attached hydrogen (secondary N) is 2. The molecular weight excluding hydrogens is 590 g/mol. The fourth-order valence-corrected chi connectivity index (χ4v) is 7.39. The molecule has 0 saturated carbocycles. The lowest BCUT2D eigenvalue weighted by atomic mass is 9.97. The number of rotatable bonds is 7. The molecule has 12 heteroatoms. The number of hydrogen-bond acceptors (Lipinski definition) is 7. The standard InChI is InChI=1S/C33H37N7O4S/c1-19-23(10-6-11-24(19)36-31(42)28-15-20-8-4-5-12-27(20)45-28)22-14-25(32(43)38(2)17-22)35-29-16-26(39(3)37-29)33(44)40-13-7-9-21(18-40)30(34)41/h6,10-11,14-17,21H,4-5,7-9,12-13,18H2,1-3H3,(H2,34,41)(H,35,37)(H,36,42). The second-order valence-corrected chi connectivity index (χ2v) is 13.0. The van der Waals surface area contributed by atoms with E-state index < -0.39 is 5.91 Å². The van der Waals surface area contributed by atoms with Gasteiger partial charge < -0.3 is 25.8 Å². The van der Waals surface area contributed by atoms with Crippen LogP contribution in [0.4, 0.5) is 17.2 Å². The topological polar surface area (TPSA) is 144 Å². The second kappa shape index (κ2) is 12.4. The van der Waals surface area contributed by atoms with Gasteiger partial charge in [0, 0.05) is 55.6 Å². The Labute approximate surface area is 265 Å². The number of nitrogens with two attached hydrogens (primary N) is 1. The number of hydrogen-bond donors (Lipinski definition) is 3. The summed E-state index contributed by atoms with van der Waals surface area (Å²) in [5.41, 5.74) is 10.4. The monoisotopic (exact) mass is 627 g/mol. The molecule has 3 aromatic heterocycles. The summed E-state index contributed by atoms with van der Waals surface area (Å²) in [5, 5.41) is 10.6. The van der Waals surface area contributed by atoms with Gasteiger partial charge in [0.1, 0.15) is 11.4 Å². The molecule has 45 heavy (non-hydrogen) atoms. The Hall–Kier alpha value is -4.71. The van der Waals surface area contributed by atoms with E-state index >= 15 is 0 Å². The summed E-state index contributed by atoms with van der Waals surface area (Å²) in [4.78, 5) is 55.0. The van der Waals surface area contributed by atoms with Crippen LogP contribution in [0.25, 0.3) is 11.1 Å². The molecule has 6 rings (SSSR count). The van der Waals surface area contributed by atoms with Crippen LogP contribution in [0.15, 0.2) is 47.4 Å². The lowest BCUT2D eigenvalue weighted by Crippen LogP contribution is -2.44. The average molecular weight is 628 g/mol. The summed E-state index contributed by atoms with van der Waals surface area (Å²) < 4.78 is 2.96. The predicted octanol–water partition coefficient (Wildman–Crippen LogP) is 4.37. The number of nitrogens with zero attached hydrogens (tertiary/aromatic N) is 4. The van der Waals surface area contributed by atoms with Crippen LogP contribution in [0.3, 0.4) is 0 Å². The molecule has 0 spiro atoms. The summed E-state index contributed by atoms with van der Waals surface area (Å²) in [6.45, 7) is 2.76. The van der Waals surface area contributed by atoms with E-state index in [0.717, 1.165) is 34.4 Å². The molecule has 1 aromatic carbocycles. The third-order valence-corrected chi connectivity index (χ3v) is 10.0. The molecule has 1 aliphatic carbocycles. The lowest BCUT2D eigenvalue weighted by molar-refractivity contribution is -0.123. The third kappa shape index (κ3) is 6.15. The minimum Gasteiger partial charge on any atom is -0.369 e. The van der Waals surface area contributed by atoms with Crippen molar-refractivity contribution in [3.05, 3.63) is 79.5 Å². The molecule has 1 atom stereocenters. The van der Waals surface area contributed by atoms with Gasteiger partial charge >= 0.3 is 0 Å². The number of anilines is 3. The quantitative estimate of drug-likeness (QED) is 0.278. The highest BCUT2D eigenvalue weighted by molar-refractivity contribution is 7.14. The lowest BCUT2D eigenvalue weighted by Gasteiger charge is -2.31. The van der Waals surface area contributed by atoms with Crippen LogP contribution in [0.2, 0.25) is 0 Å². The molecule has 1 saturated heterocycles. The molecule has 3 amide bonds. The van der Waals surface area contributed by atoms with Gasteiger partial charge in [-0.25, -0.2) is 0 Å². The van der Waals surface area contributed by atoms with Crippen LogP contribution >= 0.6 is 11.3 Å². The fraction of sp³-hybridized carbons (Fsp3) is 0.364. The number of pyridine rings is 1. The van der Waals surface area contributed by atoms with E-state index in [9.17, 15) is 19.2 Å². The van der Waals surface area contributed by atoms with E-state index in [1.807, 2.05) is 31.2 Å². The zero-order valence-electron chi connectivity index (χ0n) is 25.7. The van der Waals surface area contributed by atoms with Gasteiger partial charge in [0.05, 0.1) is 10.8 Å². The number of thiophene rings is 1. The molecule has 234 valence electrons. The second-order valence-electron chi connectivity index (χ2n) is 11.9. The van der Waals surface area contributed by atoms with Crippen LogP contribution in [0, 0.1) is 12.8 Å². The fourth-order valence-electron chi connectivity index (χ4n) is 6.24. The summed E-state index contributed by atoms with van der Waals surface area (Å²) in [5.74, 6) is -0.791. The van der Waals surface area contributed by atoms with E-state index in [-0.39, 0.29) is 35.5 Å². The molecule has 4 N–H and O–H groups in total. The molecule has 2 aliphatic rings. The first kappa shape index (κ1) is 30.3. The highest BCUT2D eigenvalue weighted by atomic mass is 32.1. The number of carbonyl (C=O) groups excluding carboxylic acids is 3. The Bertz CT molecular complexity index is 1850. The van der Waals surface area contributed by atoms with Crippen LogP contribution < -0.4 is 21.9 Å². The van der Waals surface area contributed by atoms with E-state index in [1.165, 1.54) is 32.5 Å². The normalized spacial score (nSPS) is 16.2. The molecular formula is C33H37N7O4S. The number of likely N-dealkylation sites (tertiary alicyclic amines) is 1. The van der Waals surface area contributed by atoms with Crippen LogP contribution in [0.5, 0.6) is 0 Å². The number of fused-ring (bicyclic) bond motifs is 1. The van der Waals surface area contributed by atoms with E-state index in [4.69, 9.17) is 5.73 Å². The SMILES string of the molecule is Cc1c(NC(=O)c2cc3c(s2)CCCC3)cccc1-c1cc(Nc2cc(C(=O)N3CCCC(C(N)=O)C3)n(C)n2)c(=O)n(C)c1. The van der Waals surface area contributed by atoms with Crippen LogP contribution in [-0.2, 0) is 31.7 Å². The van der Waals surface area contributed by atoms with Gasteiger partial charge in [-0.3, -0.25) is 23.9 Å². The van der Waals surface area contributed by atoms with Gasteiger partial charge in [0.15, 0.2) is 5.82 Å². The Morgan fingerprint density at radius 1 is 1.04 bits per heavy atom. The number of amides is 3. The summed E-state index contributed by atoms with van der Waals surface area (Å²) in [6, 6.07) is 11.1. The first-order chi connectivity index (χ1) is 21.6. The smallest absolute Gasteiger partial charge is 0.274 e. The predicted molar refractivity (Wildman–Crippen MR) is 175 cm³/mol. The van der Waals surface area contributed by atoms with Gasteiger partial charge in [0.2, 0.25) is 5.91 Å². The number of aryl methyl sites for hydroxylation is 4. The molecule has 1 aliphatic heterocycles. The largest absolute Gasteiger partial charge is 0.369 e. The number of aromatic nitrogens is 3. The van der Waals surface area contributed by atoms with Crippen molar-refractivity contribution in [1.29, 1.82) is 0 Å². The molecule has 0 radical (unpaired) electrons. The van der Waals surface area contributed by atoms with E-state index in [1.54, 1.807) is 48.7 Å². The molecule has 0 bridgehead atoms. The van der Waals surface area contributed by atoms with Crippen molar-refractivity contribution in [2.45, 2.75) is 45.4 Å². The van der Waals surface area contributed by atoms with E-state index in [0.29, 0.717) is 36.6 Å². The molecule has 4 aromatic rings. The van der Waals surface area contributed by atoms with Crippen molar-refractivity contribution in [3.8, 4) is 11.1 Å². The van der Waals surface area contributed by atoms with E-state index in [2.05, 4.69) is 15.7 Å². The van der Waals surface area contributed by atoms with Crippen LogP contribution in [0.1, 0.15) is 61.8 Å². The number of primary amides is 1. The van der Waals surface area contributed by atoms with Gasteiger partial charge in [-0.15, -0.1) is 11.3 Å². The number of piperidine rings is 1. The minimum atomic E-state index is -0.403. The van der Waals surface area contributed by atoms with Crippen molar-refractivity contribution in [2.24, 2.45) is 25.7 Å². The first-order valence-corrected chi connectivity index (χ1v) is 16.0. The number of carbonyl (C=O) groups is 3. The Balaban J connectivity index is 1.23. The van der Waals surface area contributed by atoms with Gasteiger partial charge in [-0.2, -0.15) is 5.10 Å². The van der Waals surface area contributed by atoms with Crippen molar-refractivity contribution < 1.29 is 14.4 Å². The summed E-state index contributed by atoms with van der Waals surface area (Å²) in [6.07, 6.45) is 7.53. The van der Waals surface area contributed by atoms with Crippen molar-refractivity contribution in [3.63, 3.8) is 0 Å². The Morgan fingerprint density at radius 2 is 1.84 bits per heavy atom. The molecule has 1 fully saturated rings. The summed E-state index contributed by atoms with van der Waals surface area (Å²) in [7, 11) is 3.34. The third-order valence-electron chi connectivity index (χ3n) is 8.77. The van der Waals surface area contributed by atoms with Gasteiger partial charge in [-0.1, -0.05) is 12.1 Å².